The van der Waals surface area contributed by atoms with Crippen LogP contribution in [-0.2, 0) is 11.8 Å². The molecule has 0 unspecified atom stereocenters. The quantitative estimate of drug-likeness (QED) is 0.895. The van der Waals surface area contributed by atoms with Gasteiger partial charge in [0.15, 0.2) is 0 Å². The minimum Gasteiger partial charge on any atom is -0.395 e. The number of piperidine rings is 1. The highest BCUT2D eigenvalue weighted by Gasteiger charge is 2.49. The highest BCUT2D eigenvalue weighted by Crippen LogP contribution is 2.40. The number of aliphatic hydroxyl groups is 1. The lowest BCUT2D eigenvalue weighted by atomic mass is 9.78. The molecule has 6 heteroatoms. The molecule has 0 saturated carbocycles. The van der Waals surface area contributed by atoms with Crippen LogP contribution in [0.3, 0.4) is 0 Å². The Labute approximate surface area is 136 Å². The van der Waals surface area contributed by atoms with Gasteiger partial charge in [0.05, 0.1) is 17.6 Å². The van der Waals surface area contributed by atoms with E-state index in [2.05, 4.69) is 0 Å². The number of aryl methyl sites for hydroxylation is 1. The van der Waals surface area contributed by atoms with Gasteiger partial charge in [-0.05, 0) is 32.3 Å². The average molecular weight is 319 g/mol. The Morgan fingerprint density at radius 3 is 2.78 bits per heavy atom. The summed E-state index contributed by atoms with van der Waals surface area (Å²) in [7, 11) is 1.93. The number of aliphatic hydroxyl groups excluding tert-OH is 1. The molecule has 1 N–H and O–H groups in total. The molecule has 3 rings (SSSR count). The van der Waals surface area contributed by atoms with Gasteiger partial charge in [0.2, 0.25) is 5.91 Å². The molecule has 2 aliphatic rings. The molecule has 0 radical (unpaired) electrons. The van der Waals surface area contributed by atoms with Crippen LogP contribution in [0.2, 0.25) is 0 Å². The number of hydrogen-bond acceptors (Lipinski definition) is 3. The van der Waals surface area contributed by atoms with Crippen molar-refractivity contribution >= 4 is 11.8 Å². The summed E-state index contributed by atoms with van der Waals surface area (Å²) in [5, 5.41) is 9.13. The summed E-state index contributed by atoms with van der Waals surface area (Å²) in [4.78, 5) is 29.1. The second kappa shape index (κ2) is 6.00. The van der Waals surface area contributed by atoms with Gasteiger partial charge in [-0.3, -0.25) is 9.59 Å². The minimum atomic E-state index is -0.439. The number of likely N-dealkylation sites (tertiary alicyclic amines) is 2. The van der Waals surface area contributed by atoms with E-state index in [1.54, 1.807) is 4.90 Å². The van der Waals surface area contributed by atoms with E-state index < -0.39 is 5.41 Å². The molecule has 2 fully saturated rings. The number of nitrogens with zero attached hydrogens (tertiary/aromatic N) is 3. The SMILES string of the molecule is Cc1c(C(=O)N2CC[C@@]3(CCCN(CCO)C3=O)C2)ccn1C. The predicted octanol–water partition coefficient (Wildman–Crippen LogP) is 0.781. The zero-order valence-electron chi connectivity index (χ0n) is 13.9. The van der Waals surface area contributed by atoms with Gasteiger partial charge in [-0.2, -0.15) is 0 Å². The highest BCUT2D eigenvalue weighted by molar-refractivity contribution is 5.96. The molecule has 0 bridgehead atoms. The smallest absolute Gasteiger partial charge is 0.255 e. The number of carbonyl (C=O) groups excluding carboxylic acids is 2. The van der Waals surface area contributed by atoms with Crippen LogP contribution in [0.5, 0.6) is 0 Å². The Bertz CT molecular complexity index is 623. The molecule has 2 amide bonds. The van der Waals surface area contributed by atoms with Crippen LogP contribution < -0.4 is 0 Å². The number of aromatic nitrogens is 1. The molecule has 6 nitrogen and oxygen atoms in total. The highest BCUT2D eigenvalue weighted by atomic mass is 16.3. The fraction of sp³-hybridized carbons (Fsp3) is 0.647. The Kier molecular flexibility index (Phi) is 4.19. The van der Waals surface area contributed by atoms with Gasteiger partial charge in [-0.15, -0.1) is 0 Å². The summed E-state index contributed by atoms with van der Waals surface area (Å²) in [6.45, 7) is 4.17. The Hall–Kier alpha value is -1.82. The van der Waals surface area contributed by atoms with E-state index in [0.717, 1.165) is 30.5 Å². The monoisotopic (exact) mass is 319 g/mol. The Morgan fingerprint density at radius 1 is 1.35 bits per heavy atom. The number of β-amino-alcohol motifs (C(OH)–C–C–N with tert-alkyl or cyclic N) is 1. The minimum absolute atomic E-state index is 0.00627. The zero-order valence-corrected chi connectivity index (χ0v) is 13.9. The number of carbonyl (C=O) groups is 2. The van der Waals surface area contributed by atoms with Crippen molar-refractivity contribution in [2.24, 2.45) is 12.5 Å². The second-order valence-corrected chi connectivity index (χ2v) is 6.80. The Morgan fingerprint density at radius 2 is 2.13 bits per heavy atom. The van der Waals surface area contributed by atoms with Crippen LogP contribution in [0.15, 0.2) is 12.3 Å². The van der Waals surface area contributed by atoms with Crippen molar-refractivity contribution in [3.63, 3.8) is 0 Å². The fourth-order valence-corrected chi connectivity index (χ4v) is 3.92. The van der Waals surface area contributed by atoms with Crippen molar-refractivity contribution in [2.45, 2.75) is 26.2 Å². The number of amides is 2. The largest absolute Gasteiger partial charge is 0.395 e. The second-order valence-electron chi connectivity index (χ2n) is 6.80. The molecule has 2 saturated heterocycles. The maximum absolute atomic E-state index is 12.8. The zero-order chi connectivity index (χ0) is 16.6. The van der Waals surface area contributed by atoms with Crippen LogP contribution in [0.25, 0.3) is 0 Å². The van der Waals surface area contributed by atoms with E-state index in [9.17, 15) is 9.59 Å². The predicted molar refractivity (Wildman–Crippen MR) is 86.0 cm³/mol. The molecular weight excluding hydrogens is 294 g/mol. The molecule has 23 heavy (non-hydrogen) atoms. The first-order valence-electron chi connectivity index (χ1n) is 8.30. The molecule has 1 atom stereocenters. The van der Waals surface area contributed by atoms with E-state index in [-0.39, 0.29) is 18.4 Å². The molecule has 1 aromatic heterocycles. The summed E-state index contributed by atoms with van der Waals surface area (Å²) in [5.41, 5.74) is 1.24. The molecule has 1 aromatic rings. The summed E-state index contributed by atoms with van der Waals surface area (Å²) in [6.07, 6.45) is 4.40. The molecule has 3 heterocycles. The average Bonchev–Trinajstić information content (AvgIpc) is 3.10. The van der Waals surface area contributed by atoms with Crippen molar-refractivity contribution in [1.29, 1.82) is 0 Å². The van der Waals surface area contributed by atoms with Crippen molar-refractivity contribution in [2.75, 3.05) is 32.8 Å². The van der Waals surface area contributed by atoms with Crippen molar-refractivity contribution < 1.29 is 14.7 Å². The lowest BCUT2D eigenvalue weighted by Gasteiger charge is -2.39. The third-order valence-corrected chi connectivity index (χ3v) is 5.45. The lowest BCUT2D eigenvalue weighted by Crippen LogP contribution is -2.51. The first-order chi connectivity index (χ1) is 11.0. The van der Waals surface area contributed by atoms with Gasteiger partial charge in [0.25, 0.3) is 5.91 Å². The van der Waals surface area contributed by atoms with Crippen LogP contribution >= 0.6 is 0 Å². The van der Waals surface area contributed by atoms with Crippen molar-refractivity contribution in [1.82, 2.24) is 14.4 Å². The molecular formula is C17H25N3O3. The standard InChI is InChI=1S/C17H25N3O3/c1-13-14(4-8-18(13)2)15(22)20-9-6-17(12-20)5-3-7-19(10-11-21)16(17)23/h4,8,21H,3,5-7,9-12H2,1-2H3/t17-/m0/s1. The summed E-state index contributed by atoms with van der Waals surface area (Å²) >= 11 is 0. The van der Waals surface area contributed by atoms with Gasteiger partial charge < -0.3 is 19.5 Å². The van der Waals surface area contributed by atoms with Gasteiger partial charge in [-0.25, -0.2) is 0 Å². The fourth-order valence-electron chi connectivity index (χ4n) is 3.92. The maximum Gasteiger partial charge on any atom is 0.255 e. The maximum atomic E-state index is 12.8. The van der Waals surface area contributed by atoms with Crippen molar-refractivity contribution in [3.8, 4) is 0 Å². The lowest BCUT2D eigenvalue weighted by molar-refractivity contribution is -0.146. The van der Waals surface area contributed by atoms with Gasteiger partial charge in [-0.1, -0.05) is 0 Å². The third kappa shape index (κ3) is 2.65. The molecule has 0 aliphatic carbocycles. The van der Waals surface area contributed by atoms with Crippen molar-refractivity contribution in [3.05, 3.63) is 23.5 Å². The molecule has 1 spiro atoms. The normalized spacial score (nSPS) is 24.7. The first-order valence-corrected chi connectivity index (χ1v) is 8.30. The van der Waals surface area contributed by atoms with E-state index in [1.807, 2.05) is 35.7 Å². The van der Waals surface area contributed by atoms with E-state index >= 15 is 0 Å². The van der Waals surface area contributed by atoms with Gasteiger partial charge in [0.1, 0.15) is 0 Å². The van der Waals surface area contributed by atoms with Crippen LogP contribution in [0.4, 0.5) is 0 Å². The van der Waals surface area contributed by atoms with Crippen LogP contribution in [0, 0.1) is 12.3 Å². The van der Waals surface area contributed by atoms with Crippen LogP contribution in [-0.4, -0.2) is 64.1 Å². The molecule has 126 valence electrons. The van der Waals surface area contributed by atoms with Gasteiger partial charge >= 0.3 is 0 Å². The van der Waals surface area contributed by atoms with E-state index in [0.29, 0.717) is 26.2 Å². The molecule has 0 aromatic carbocycles. The summed E-state index contributed by atoms with van der Waals surface area (Å²) < 4.78 is 1.94. The van der Waals surface area contributed by atoms with Crippen LogP contribution in [0.1, 0.15) is 35.3 Å². The summed E-state index contributed by atoms with van der Waals surface area (Å²) in [6, 6.07) is 1.85. The Balaban J connectivity index is 1.76. The third-order valence-electron chi connectivity index (χ3n) is 5.45. The van der Waals surface area contributed by atoms with E-state index in [4.69, 9.17) is 5.11 Å². The number of rotatable bonds is 3. The summed E-state index contributed by atoms with van der Waals surface area (Å²) in [5.74, 6) is 0.130. The molecule has 2 aliphatic heterocycles. The first kappa shape index (κ1) is 16.1. The van der Waals surface area contributed by atoms with E-state index in [1.165, 1.54) is 0 Å². The van der Waals surface area contributed by atoms with Gasteiger partial charge in [0, 0.05) is 45.1 Å². The topological polar surface area (TPSA) is 65.8 Å². The number of hydrogen-bond donors (Lipinski definition) is 1.